The SMILES string of the molecule is CCOc1ccc(CCNc2nc(C)c(-c3nc4cnccc4s3)c(NC3CC(CO)C(O)C3O)n2)cc1. The van der Waals surface area contributed by atoms with E-state index in [2.05, 4.69) is 15.6 Å². The minimum atomic E-state index is -1.04. The van der Waals surface area contributed by atoms with E-state index in [0.717, 1.165) is 44.2 Å². The van der Waals surface area contributed by atoms with Crippen LogP contribution in [0.15, 0.2) is 42.7 Å². The molecule has 1 aliphatic carbocycles. The fourth-order valence-corrected chi connectivity index (χ4v) is 5.79. The van der Waals surface area contributed by atoms with E-state index in [1.54, 1.807) is 12.4 Å². The molecule has 200 valence electrons. The quantitative estimate of drug-likeness (QED) is 0.205. The van der Waals surface area contributed by atoms with E-state index >= 15 is 0 Å². The summed E-state index contributed by atoms with van der Waals surface area (Å²) in [7, 11) is 0. The van der Waals surface area contributed by atoms with Gasteiger partial charge in [-0.25, -0.2) is 9.97 Å². The molecule has 1 aliphatic rings. The molecule has 1 saturated carbocycles. The van der Waals surface area contributed by atoms with Crippen molar-refractivity contribution in [3.8, 4) is 16.3 Å². The number of aromatic nitrogens is 4. The lowest BCUT2D eigenvalue weighted by Crippen LogP contribution is -2.35. The Morgan fingerprint density at radius 3 is 2.61 bits per heavy atom. The van der Waals surface area contributed by atoms with E-state index in [9.17, 15) is 15.3 Å². The molecule has 0 spiro atoms. The molecule has 10 nitrogen and oxygen atoms in total. The normalized spacial score (nSPS) is 21.1. The van der Waals surface area contributed by atoms with Gasteiger partial charge in [0.1, 0.15) is 28.2 Å². The second-order valence-corrected chi connectivity index (χ2v) is 10.4. The number of aliphatic hydroxyl groups is 3. The maximum absolute atomic E-state index is 10.6. The number of nitrogens with one attached hydrogen (secondary N) is 2. The van der Waals surface area contributed by atoms with Crippen LogP contribution >= 0.6 is 11.3 Å². The van der Waals surface area contributed by atoms with Crippen LogP contribution in [0.3, 0.4) is 0 Å². The lowest BCUT2D eigenvalue weighted by atomic mass is 10.1. The van der Waals surface area contributed by atoms with Gasteiger partial charge in [-0.1, -0.05) is 12.1 Å². The Balaban J connectivity index is 1.40. The fraction of sp³-hybridized carbons (Fsp3) is 0.407. The standard InChI is InChI=1S/C27H32N6O4S/c1-3-37-18-6-4-16(5-7-18)8-11-29-27-30-15(2)22(26-32-20-13-28-10-9-21(20)38-26)25(33-27)31-19-12-17(14-34)23(35)24(19)36/h4-7,9-10,13,17,19,23-24,34-36H,3,8,11-12,14H2,1-2H3,(H2,29,30,31,33). The topological polar surface area (TPSA) is 146 Å². The first-order valence-corrected chi connectivity index (χ1v) is 13.6. The zero-order valence-corrected chi connectivity index (χ0v) is 22.1. The first-order valence-electron chi connectivity index (χ1n) is 12.8. The van der Waals surface area contributed by atoms with E-state index < -0.39 is 24.2 Å². The van der Waals surface area contributed by atoms with Gasteiger partial charge >= 0.3 is 0 Å². The van der Waals surface area contributed by atoms with Gasteiger partial charge in [0, 0.05) is 25.3 Å². The number of nitrogens with zero attached hydrogens (tertiary/aromatic N) is 4. The largest absolute Gasteiger partial charge is 0.494 e. The maximum Gasteiger partial charge on any atom is 0.224 e. The summed E-state index contributed by atoms with van der Waals surface area (Å²) >= 11 is 1.51. The Morgan fingerprint density at radius 2 is 1.89 bits per heavy atom. The number of aliphatic hydroxyl groups excluding tert-OH is 3. The average Bonchev–Trinajstić information content (AvgIpc) is 3.46. The molecule has 0 aliphatic heterocycles. The van der Waals surface area contributed by atoms with Crippen LogP contribution in [0.4, 0.5) is 11.8 Å². The summed E-state index contributed by atoms with van der Waals surface area (Å²) in [4.78, 5) is 18.4. The highest BCUT2D eigenvalue weighted by Gasteiger charge is 2.41. The third-order valence-corrected chi connectivity index (χ3v) is 7.84. The number of aryl methyl sites for hydroxylation is 1. The van der Waals surface area contributed by atoms with Crippen LogP contribution in [0.5, 0.6) is 5.75 Å². The third kappa shape index (κ3) is 5.56. The monoisotopic (exact) mass is 536 g/mol. The first-order chi connectivity index (χ1) is 18.5. The van der Waals surface area contributed by atoms with Crippen molar-refractivity contribution in [2.24, 2.45) is 5.92 Å². The molecular formula is C27H32N6O4S. The summed E-state index contributed by atoms with van der Waals surface area (Å²) in [5, 5.41) is 38.0. The highest BCUT2D eigenvalue weighted by Crippen LogP contribution is 2.38. The average molecular weight is 537 g/mol. The smallest absolute Gasteiger partial charge is 0.224 e. The fourth-order valence-electron chi connectivity index (χ4n) is 4.76. The Labute approximate surface area is 224 Å². The molecule has 5 N–H and O–H groups in total. The highest BCUT2D eigenvalue weighted by atomic mass is 32.1. The van der Waals surface area contributed by atoms with Gasteiger partial charge in [-0.2, -0.15) is 4.98 Å². The van der Waals surface area contributed by atoms with E-state index in [1.807, 2.05) is 44.2 Å². The number of benzene rings is 1. The number of ether oxygens (including phenoxy) is 1. The molecule has 1 fully saturated rings. The molecule has 0 saturated heterocycles. The lowest BCUT2D eigenvalue weighted by Gasteiger charge is -2.21. The Morgan fingerprint density at radius 1 is 1.08 bits per heavy atom. The van der Waals surface area contributed by atoms with Crippen LogP contribution in [-0.2, 0) is 6.42 Å². The molecule has 4 unspecified atom stereocenters. The van der Waals surface area contributed by atoms with Crippen LogP contribution in [0.2, 0.25) is 0 Å². The number of thiazole rings is 1. The summed E-state index contributed by atoms with van der Waals surface area (Å²) in [6.45, 7) is 4.92. The van der Waals surface area contributed by atoms with Gasteiger partial charge in [0.15, 0.2) is 0 Å². The van der Waals surface area contributed by atoms with Gasteiger partial charge in [0.05, 0.1) is 40.9 Å². The van der Waals surface area contributed by atoms with Crippen molar-refractivity contribution in [2.45, 2.75) is 44.9 Å². The molecule has 1 aromatic carbocycles. The van der Waals surface area contributed by atoms with Gasteiger partial charge in [-0.05, 0) is 50.5 Å². The molecule has 4 atom stereocenters. The summed E-state index contributed by atoms with van der Waals surface area (Å²) in [6.07, 6.45) is 2.59. The number of hydrogen-bond acceptors (Lipinski definition) is 11. The van der Waals surface area contributed by atoms with Gasteiger partial charge in [-0.15, -0.1) is 11.3 Å². The van der Waals surface area contributed by atoms with E-state index in [4.69, 9.17) is 19.7 Å². The van der Waals surface area contributed by atoms with Crippen LogP contribution < -0.4 is 15.4 Å². The minimum Gasteiger partial charge on any atom is -0.494 e. The van der Waals surface area contributed by atoms with E-state index in [0.29, 0.717) is 31.3 Å². The highest BCUT2D eigenvalue weighted by molar-refractivity contribution is 7.21. The van der Waals surface area contributed by atoms with Crippen molar-refractivity contribution >= 4 is 33.3 Å². The van der Waals surface area contributed by atoms with Crippen molar-refractivity contribution in [2.75, 3.05) is 30.4 Å². The molecule has 0 amide bonds. The molecule has 3 aromatic heterocycles. The van der Waals surface area contributed by atoms with E-state index in [1.165, 1.54) is 11.3 Å². The number of rotatable bonds is 10. The van der Waals surface area contributed by atoms with Crippen LogP contribution in [-0.4, -0.2) is 73.3 Å². The predicted molar refractivity (Wildman–Crippen MR) is 148 cm³/mol. The molecule has 4 aromatic rings. The Kier molecular flexibility index (Phi) is 7.98. The predicted octanol–water partition coefficient (Wildman–Crippen LogP) is 3.02. The molecular weight excluding hydrogens is 504 g/mol. The third-order valence-electron chi connectivity index (χ3n) is 6.78. The van der Waals surface area contributed by atoms with Crippen LogP contribution in [0.1, 0.15) is 24.6 Å². The Bertz CT molecular complexity index is 1350. The number of pyridine rings is 1. The van der Waals surface area contributed by atoms with E-state index in [-0.39, 0.29) is 6.61 Å². The van der Waals surface area contributed by atoms with Crippen molar-refractivity contribution in [3.63, 3.8) is 0 Å². The van der Waals surface area contributed by atoms with Crippen molar-refractivity contribution in [3.05, 3.63) is 54.0 Å². The van der Waals surface area contributed by atoms with Gasteiger partial charge in [-0.3, -0.25) is 4.98 Å². The van der Waals surface area contributed by atoms with Crippen LogP contribution in [0, 0.1) is 12.8 Å². The second kappa shape index (κ2) is 11.6. The summed E-state index contributed by atoms with van der Waals surface area (Å²) < 4.78 is 6.51. The van der Waals surface area contributed by atoms with Crippen molar-refractivity contribution in [1.82, 2.24) is 19.9 Å². The molecule has 0 bridgehead atoms. The molecule has 5 rings (SSSR count). The Hall–Kier alpha value is -3.38. The first kappa shape index (κ1) is 26.2. The lowest BCUT2D eigenvalue weighted by molar-refractivity contribution is 0.00446. The van der Waals surface area contributed by atoms with Gasteiger partial charge in [0.2, 0.25) is 5.95 Å². The van der Waals surface area contributed by atoms with Gasteiger partial charge < -0.3 is 30.7 Å². The zero-order chi connectivity index (χ0) is 26.6. The van der Waals surface area contributed by atoms with Crippen molar-refractivity contribution < 1.29 is 20.1 Å². The molecule has 11 heteroatoms. The second-order valence-electron chi connectivity index (χ2n) is 9.38. The molecule has 38 heavy (non-hydrogen) atoms. The summed E-state index contributed by atoms with van der Waals surface area (Å²) in [6, 6.07) is 9.44. The summed E-state index contributed by atoms with van der Waals surface area (Å²) in [5.74, 6) is 1.41. The zero-order valence-electron chi connectivity index (χ0n) is 21.3. The van der Waals surface area contributed by atoms with Crippen molar-refractivity contribution in [1.29, 1.82) is 0 Å². The molecule has 3 heterocycles. The minimum absolute atomic E-state index is 0.199. The number of fused-ring (bicyclic) bond motifs is 1. The number of hydrogen-bond donors (Lipinski definition) is 5. The number of anilines is 2. The molecule has 0 radical (unpaired) electrons. The van der Waals surface area contributed by atoms with Gasteiger partial charge in [0.25, 0.3) is 0 Å². The maximum atomic E-state index is 10.6. The van der Waals surface area contributed by atoms with Crippen LogP contribution in [0.25, 0.3) is 20.8 Å². The summed E-state index contributed by atoms with van der Waals surface area (Å²) in [5.41, 5.74) is 3.41.